The monoisotopic (exact) mass is 324 g/mol. The molecule has 1 heterocycles. The quantitative estimate of drug-likeness (QED) is 0.866. The fraction of sp³-hybridized carbons (Fsp3) is 0.133. The number of aromatic hydroxyl groups is 1. The molecule has 0 aliphatic carbocycles. The molecule has 0 saturated carbocycles. The van der Waals surface area contributed by atoms with Gasteiger partial charge in [-0.15, -0.1) is 0 Å². The Balaban J connectivity index is 1.90. The molecule has 6 heteroatoms. The predicted octanol–water partition coefficient (Wildman–Crippen LogP) is 4.28. The van der Waals surface area contributed by atoms with E-state index in [1.807, 2.05) is 0 Å². The highest BCUT2D eigenvalue weighted by Gasteiger charge is 2.25. The van der Waals surface area contributed by atoms with Crippen LogP contribution < -0.4 is 5.43 Å². The van der Waals surface area contributed by atoms with Gasteiger partial charge in [-0.05, 0) is 18.2 Å². The summed E-state index contributed by atoms with van der Waals surface area (Å²) >= 11 is 11.9. The Kier molecular flexibility index (Phi) is 3.74. The first-order chi connectivity index (χ1) is 10.1. The topological polar surface area (TPSA) is 44.6 Å². The summed E-state index contributed by atoms with van der Waals surface area (Å²) in [4.78, 5) is 0. The summed E-state index contributed by atoms with van der Waals surface area (Å²) in [5.74, 6) is -0.365. The summed E-state index contributed by atoms with van der Waals surface area (Å²) in [6, 6.07) is 9.29. The van der Waals surface area contributed by atoms with Crippen molar-refractivity contribution in [2.24, 2.45) is 5.10 Å². The highest BCUT2D eigenvalue weighted by molar-refractivity contribution is 6.36. The number of halogens is 3. The average molecular weight is 325 g/mol. The largest absolute Gasteiger partial charge is 0.506 e. The first-order valence-corrected chi connectivity index (χ1v) is 7.06. The minimum absolute atomic E-state index is 0.0733. The molecule has 2 aromatic carbocycles. The van der Waals surface area contributed by atoms with Gasteiger partial charge in [0, 0.05) is 22.6 Å². The summed E-state index contributed by atoms with van der Waals surface area (Å²) in [6.45, 7) is 0. The van der Waals surface area contributed by atoms with Gasteiger partial charge in [-0.25, -0.2) is 4.39 Å². The van der Waals surface area contributed by atoms with E-state index >= 15 is 0 Å². The highest BCUT2D eigenvalue weighted by Crippen LogP contribution is 2.35. The third-order valence-corrected chi connectivity index (χ3v) is 3.88. The van der Waals surface area contributed by atoms with E-state index in [2.05, 4.69) is 10.5 Å². The third-order valence-electron chi connectivity index (χ3n) is 3.37. The predicted molar refractivity (Wildman–Crippen MR) is 81.6 cm³/mol. The molecule has 21 heavy (non-hydrogen) atoms. The van der Waals surface area contributed by atoms with Gasteiger partial charge in [0.05, 0.1) is 16.8 Å². The molecule has 3 rings (SSSR count). The van der Waals surface area contributed by atoms with Crippen LogP contribution in [0.15, 0.2) is 41.5 Å². The molecule has 0 saturated heterocycles. The van der Waals surface area contributed by atoms with E-state index in [1.165, 1.54) is 12.1 Å². The fourth-order valence-electron chi connectivity index (χ4n) is 2.33. The van der Waals surface area contributed by atoms with Gasteiger partial charge in [-0.2, -0.15) is 5.10 Å². The minimum atomic E-state index is -0.292. The number of nitrogens with one attached hydrogen (secondary N) is 1. The molecule has 0 amide bonds. The van der Waals surface area contributed by atoms with Crippen LogP contribution in [0.2, 0.25) is 10.0 Å². The first-order valence-electron chi connectivity index (χ1n) is 6.31. The summed E-state index contributed by atoms with van der Waals surface area (Å²) < 4.78 is 13.8. The molecule has 0 fully saturated rings. The molecule has 1 atom stereocenters. The van der Waals surface area contributed by atoms with E-state index in [9.17, 15) is 9.50 Å². The van der Waals surface area contributed by atoms with E-state index < -0.39 is 0 Å². The Bertz CT molecular complexity index is 734. The number of hydrogen-bond acceptors (Lipinski definition) is 3. The molecule has 2 aromatic rings. The molecule has 1 aliphatic rings. The standard InChI is InChI=1S/C15H11Cl2FN2O/c16-8-5-10(15(21)11(17)6-8)14-7-13(19-20-14)9-3-1-2-4-12(9)18/h1-6,13,19,21H,7H2. The lowest BCUT2D eigenvalue weighted by Crippen LogP contribution is -2.11. The van der Waals surface area contributed by atoms with Crippen molar-refractivity contribution in [3.63, 3.8) is 0 Å². The van der Waals surface area contributed by atoms with Crippen molar-refractivity contribution >= 4 is 28.9 Å². The summed E-state index contributed by atoms with van der Waals surface area (Å²) in [7, 11) is 0. The van der Waals surface area contributed by atoms with E-state index in [4.69, 9.17) is 23.2 Å². The van der Waals surface area contributed by atoms with Crippen molar-refractivity contribution < 1.29 is 9.50 Å². The van der Waals surface area contributed by atoms with Crippen LogP contribution >= 0.6 is 23.2 Å². The van der Waals surface area contributed by atoms with Gasteiger partial charge in [0.25, 0.3) is 0 Å². The molecular weight excluding hydrogens is 314 g/mol. The maximum atomic E-state index is 13.8. The number of benzene rings is 2. The Morgan fingerprint density at radius 3 is 2.76 bits per heavy atom. The first kappa shape index (κ1) is 14.2. The van der Waals surface area contributed by atoms with Gasteiger partial charge >= 0.3 is 0 Å². The van der Waals surface area contributed by atoms with Crippen LogP contribution in [0.25, 0.3) is 0 Å². The summed E-state index contributed by atoms with van der Waals surface area (Å²) in [6.07, 6.45) is 0.436. The van der Waals surface area contributed by atoms with Gasteiger partial charge in [0.1, 0.15) is 11.6 Å². The number of nitrogens with zero attached hydrogens (tertiary/aromatic N) is 1. The Labute approximate surface area is 131 Å². The molecule has 2 N–H and O–H groups in total. The van der Waals surface area contributed by atoms with E-state index in [-0.39, 0.29) is 22.6 Å². The zero-order chi connectivity index (χ0) is 15.0. The van der Waals surface area contributed by atoms with E-state index in [0.717, 1.165) is 0 Å². The normalized spacial score (nSPS) is 17.5. The molecule has 1 unspecified atom stereocenters. The van der Waals surface area contributed by atoms with Gasteiger partial charge in [0.2, 0.25) is 0 Å². The number of hydrazone groups is 1. The second-order valence-corrected chi connectivity index (χ2v) is 5.59. The van der Waals surface area contributed by atoms with Crippen LogP contribution in [-0.4, -0.2) is 10.8 Å². The number of hydrogen-bond donors (Lipinski definition) is 2. The molecular formula is C15H11Cl2FN2O. The van der Waals surface area contributed by atoms with Gasteiger partial charge < -0.3 is 10.5 Å². The lowest BCUT2D eigenvalue weighted by molar-refractivity contribution is 0.474. The van der Waals surface area contributed by atoms with E-state index in [1.54, 1.807) is 24.3 Å². The molecule has 0 spiro atoms. The summed E-state index contributed by atoms with van der Waals surface area (Å²) in [5, 5.41) is 14.8. The van der Waals surface area contributed by atoms with Crippen molar-refractivity contribution in [1.29, 1.82) is 0 Å². The SMILES string of the molecule is Oc1c(Cl)cc(Cl)cc1C1=NNC(c2ccccc2F)C1. The zero-order valence-corrected chi connectivity index (χ0v) is 12.3. The van der Waals surface area contributed by atoms with Crippen LogP contribution in [0, 0.1) is 5.82 Å². The van der Waals surface area contributed by atoms with Crippen molar-refractivity contribution in [3.8, 4) is 5.75 Å². The molecule has 0 aromatic heterocycles. The third kappa shape index (κ3) is 2.69. The number of phenolic OH excluding ortho intramolecular Hbond substituents is 1. The van der Waals surface area contributed by atoms with Crippen molar-refractivity contribution in [2.45, 2.75) is 12.5 Å². The molecule has 1 aliphatic heterocycles. The highest BCUT2D eigenvalue weighted by atomic mass is 35.5. The van der Waals surface area contributed by atoms with Crippen LogP contribution in [0.1, 0.15) is 23.6 Å². The van der Waals surface area contributed by atoms with Crippen LogP contribution in [0.5, 0.6) is 5.75 Å². The van der Waals surface area contributed by atoms with Crippen molar-refractivity contribution in [1.82, 2.24) is 5.43 Å². The number of phenols is 1. The van der Waals surface area contributed by atoms with Crippen molar-refractivity contribution in [3.05, 3.63) is 63.4 Å². The van der Waals surface area contributed by atoms with E-state index in [0.29, 0.717) is 28.3 Å². The Morgan fingerprint density at radius 2 is 2.00 bits per heavy atom. The Hall–Kier alpha value is -1.78. The molecule has 108 valence electrons. The second-order valence-electron chi connectivity index (χ2n) is 4.75. The van der Waals surface area contributed by atoms with Crippen LogP contribution in [0.3, 0.4) is 0 Å². The lowest BCUT2D eigenvalue weighted by atomic mass is 9.98. The molecule has 0 bridgehead atoms. The van der Waals surface area contributed by atoms with Crippen molar-refractivity contribution in [2.75, 3.05) is 0 Å². The fourth-order valence-corrected chi connectivity index (χ4v) is 2.83. The summed E-state index contributed by atoms with van der Waals surface area (Å²) in [5.41, 5.74) is 4.46. The number of rotatable bonds is 2. The maximum absolute atomic E-state index is 13.8. The second kappa shape index (κ2) is 5.54. The maximum Gasteiger partial charge on any atom is 0.143 e. The molecule has 3 nitrogen and oxygen atoms in total. The molecule has 0 radical (unpaired) electrons. The zero-order valence-electron chi connectivity index (χ0n) is 10.8. The van der Waals surface area contributed by atoms with Crippen LogP contribution in [0.4, 0.5) is 4.39 Å². The smallest absolute Gasteiger partial charge is 0.143 e. The van der Waals surface area contributed by atoms with Crippen LogP contribution in [-0.2, 0) is 0 Å². The van der Waals surface area contributed by atoms with Gasteiger partial charge in [-0.3, -0.25) is 0 Å². The minimum Gasteiger partial charge on any atom is -0.506 e. The average Bonchev–Trinajstić information content (AvgIpc) is 2.92. The lowest BCUT2D eigenvalue weighted by Gasteiger charge is -2.11. The van der Waals surface area contributed by atoms with Gasteiger partial charge in [0.15, 0.2) is 0 Å². The van der Waals surface area contributed by atoms with Gasteiger partial charge in [-0.1, -0.05) is 41.4 Å². The Morgan fingerprint density at radius 1 is 1.24 bits per heavy atom.